The lowest BCUT2D eigenvalue weighted by molar-refractivity contribution is -0.140. The number of nitrogens with one attached hydrogen (secondary N) is 1. The van der Waals surface area contributed by atoms with Gasteiger partial charge in [0.15, 0.2) is 0 Å². The average molecular weight is 220 g/mol. The van der Waals surface area contributed by atoms with Gasteiger partial charge in [0.05, 0.1) is 19.2 Å². The van der Waals surface area contributed by atoms with E-state index in [4.69, 9.17) is 0 Å². The van der Waals surface area contributed by atoms with E-state index in [2.05, 4.69) is 21.1 Å². The molecule has 0 aromatic carbocycles. The highest BCUT2D eigenvalue weighted by Gasteiger charge is 2.11. The molecule has 1 aliphatic heterocycles. The molecule has 0 amide bonds. The molecule has 2 heterocycles. The number of hydrogen-bond donors (Lipinski definition) is 1. The summed E-state index contributed by atoms with van der Waals surface area (Å²) in [7, 11) is 1.41. The number of nitrogens with zero attached hydrogens (tertiary/aromatic N) is 1. The van der Waals surface area contributed by atoms with Gasteiger partial charge in [0.25, 0.3) is 0 Å². The monoisotopic (exact) mass is 220 g/mol. The van der Waals surface area contributed by atoms with E-state index in [0.717, 1.165) is 30.9 Å². The van der Waals surface area contributed by atoms with Crippen LogP contribution < -0.4 is 5.32 Å². The van der Waals surface area contributed by atoms with Crippen LogP contribution in [0.4, 0.5) is 0 Å². The van der Waals surface area contributed by atoms with Crippen LogP contribution in [0.5, 0.6) is 0 Å². The van der Waals surface area contributed by atoms with Gasteiger partial charge in [-0.3, -0.25) is 9.78 Å². The summed E-state index contributed by atoms with van der Waals surface area (Å²) in [5, 5.41) is 3.29. The average Bonchev–Trinajstić information content (AvgIpc) is 2.35. The van der Waals surface area contributed by atoms with E-state index in [1.165, 1.54) is 12.7 Å². The van der Waals surface area contributed by atoms with Crippen molar-refractivity contribution in [3.8, 4) is 0 Å². The number of aromatic nitrogens is 1. The van der Waals surface area contributed by atoms with Gasteiger partial charge in [-0.25, -0.2) is 0 Å². The van der Waals surface area contributed by atoms with Crippen LogP contribution in [0, 0.1) is 0 Å². The Hall–Kier alpha value is -1.42. The molecule has 4 nitrogen and oxygen atoms in total. The number of methoxy groups -OCH3 is 1. The number of hydrogen-bond acceptors (Lipinski definition) is 4. The molecule has 0 saturated carbocycles. The fourth-order valence-corrected chi connectivity index (χ4v) is 1.86. The molecule has 2 rings (SSSR count). The van der Waals surface area contributed by atoms with Crippen molar-refractivity contribution in [3.05, 3.63) is 29.1 Å². The van der Waals surface area contributed by atoms with E-state index < -0.39 is 0 Å². The van der Waals surface area contributed by atoms with Crippen LogP contribution in [0.15, 0.2) is 12.1 Å². The molecule has 86 valence electrons. The first-order valence-electron chi connectivity index (χ1n) is 5.55. The maximum Gasteiger partial charge on any atom is 0.305 e. The highest BCUT2D eigenvalue weighted by Crippen LogP contribution is 2.13. The molecule has 0 bridgehead atoms. The Morgan fingerprint density at radius 3 is 3.25 bits per heavy atom. The second kappa shape index (κ2) is 5.07. The largest absolute Gasteiger partial charge is 0.469 e. The lowest BCUT2D eigenvalue weighted by atomic mass is 10.1. The Morgan fingerprint density at radius 1 is 1.56 bits per heavy atom. The maximum atomic E-state index is 11.0. The van der Waals surface area contributed by atoms with Gasteiger partial charge in [0.1, 0.15) is 0 Å². The summed E-state index contributed by atoms with van der Waals surface area (Å²) in [5.41, 5.74) is 3.40. The molecule has 0 fully saturated rings. The smallest absolute Gasteiger partial charge is 0.305 e. The molecule has 4 heteroatoms. The minimum atomic E-state index is -0.183. The zero-order valence-corrected chi connectivity index (χ0v) is 9.45. The molecular weight excluding hydrogens is 204 g/mol. The molecule has 0 radical (unpaired) electrons. The van der Waals surface area contributed by atoms with Crippen LogP contribution in [-0.2, 0) is 28.9 Å². The zero-order valence-electron chi connectivity index (χ0n) is 9.45. The number of carbonyl (C=O) groups excluding carboxylic acids is 1. The molecule has 0 aliphatic carbocycles. The van der Waals surface area contributed by atoms with Crippen molar-refractivity contribution >= 4 is 5.97 Å². The van der Waals surface area contributed by atoms with Gasteiger partial charge in [0.2, 0.25) is 0 Å². The third kappa shape index (κ3) is 2.58. The van der Waals surface area contributed by atoms with E-state index >= 15 is 0 Å². The SMILES string of the molecule is COC(=O)CCc1ccc2c(n1)CNCC2. The number of ether oxygens (including phenoxy) is 1. The zero-order chi connectivity index (χ0) is 11.4. The predicted molar refractivity (Wildman–Crippen MR) is 60.0 cm³/mol. The summed E-state index contributed by atoms with van der Waals surface area (Å²) in [4.78, 5) is 15.6. The second-order valence-electron chi connectivity index (χ2n) is 3.91. The van der Waals surface area contributed by atoms with E-state index in [0.29, 0.717) is 12.8 Å². The van der Waals surface area contributed by atoms with Gasteiger partial charge in [-0.15, -0.1) is 0 Å². The molecule has 1 aliphatic rings. The minimum absolute atomic E-state index is 0.183. The lowest BCUT2D eigenvalue weighted by Gasteiger charge is -2.16. The summed E-state index contributed by atoms with van der Waals surface area (Å²) < 4.78 is 4.61. The van der Waals surface area contributed by atoms with E-state index in [9.17, 15) is 4.79 Å². The molecule has 1 aromatic rings. The number of rotatable bonds is 3. The number of pyridine rings is 1. The van der Waals surface area contributed by atoms with E-state index in [-0.39, 0.29) is 5.97 Å². The Bertz CT molecular complexity index is 391. The second-order valence-corrected chi connectivity index (χ2v) is 3.91. The molecule has 0 saturated heterocycles. The van der Waals surface area contributed by atoms with Gasteiger partial charge in [-0.1, -0.05) is 6.07 Å². The van der Waals surface area contributed by atoms with Gasteiger partial charge < -0.3 is 10.1 Å². The highest BCUT2D eigenvalue weighted by atomic mass is 16.5. The third-order valence-electron chi connectivity index (χ3n) is 2.80. The molecule has 0 unspecified atom stereocenters. The third-order valence-corrected chi connectivity index (χ3v) is 2.80. The summed E-state index contributed by atoms with van der Waals surface area (Å²) in [6, 6.07) is 4.13. The Balaban J connectivity index is 2.03. The van der Waals surface area contributed by atoms with Crippen molar-refractivity contribution in [2.45, 2.75) is 25.8 Å². The van der Waals surface area contributed by atoms with Crippen molar-refractivity contribution in [3.63, 3.8) is 0 Å². The Kier molecular flexibility index (Phi) is 3.51. The summed E-state index contributed by atoms with van der Waals surface area (Å²) in [6.07, 6.45) is 2.09. The first kappa shape index (κ1) is 11.1. The van der Waals surface area contributed by atoms with Crippen molar-refractivity contribution in [1.29, 1.82) is 0 Å². The van der Waals surface area contributed by atoms with E-state index in [1.807, 2.05) is 6.07 Å². The van der Waals surface area contributed by atoms with Crippen molar-refractivity contribution < 1.29 is 9.53 Å². The fourth-order valence-electron chi connectivity index (χ4n) is 1.86. The number of carbonyl (C=O) groups is 1. The van der Waals surface area contributed by atoms with Crippen LogP contribution >= 0.6 is 0 Å². The maximum absolute atomic E-state index is 11.0. The minimum Gasteiger partial charge on any atom is -0.469 e. The molecule has 16 heavy (non-hydrogen) atoms. The van der Waals surface area contributed by atoms with Crippen LogP contribution in [0.1, 0.15) is 23.4 Å². The molecule has 0 atom stereocenters. The Morgan fingerprint density at radius 2 is 2.44 bits per heavy atom. The summed E-state index contributed by atoms with van der Waals surface area (Å²) in [6.45, 7) is 1.86. The number of fused-ring (bicyclic) bond motifs is 1. The molecule has 1 aromatic heterocycles. The Labute approximate surface area is 95.0 Å². The summed E-state index contributed by atoms with van der Waals surface area (Å²) >= 11 is 0. The quantitative estimate of drug-likeness (QED) is 0.767. The molecule has 1 N–H and O–H groups in total. The van der Waals surface area contributed by atoms with Crippen molar-refractivity contribution in [2.75, 3.05) is 13.7 Å². The first-order chi connectivity index (χ1) is 7.79. The fraction of sp³-hybridized carbons (Fsp3) is 0.500. The number of aryl methyl sites for hydroxylation is 1. The standard InChI is InChI=1S/C12H16N2O2/c1-16-12(15)5-4-10-3-2-9-6-7-13-8-11(9)14-10/h2-3,13H,4-8H2,1H3. The van der Waals surface area contributed by atoms with Gasteiger partial charge in [-0.05, 0) is 24.6 Å². The summed E-state index contributed by atoms with van der Waals surface area (Å²) in [5.74, 6) is -0.183. The first-order valence-corrected chi connectivity index (χ1v) is 5.55. The van der Waals surface area contributed by atoms with Crippen LogP contribution in [0.3, 0.4) is 0 Å². The normalized spacial score (nSPS) is 14.3. The van der Waals surface area contributed by atoms with Crippen molar-refractivity contribution in [2.24, 2.45) is 0 Å². The van der Waals surface area contributed by atoms with Gasteiger partial charge in [0, 0.05) is 18.7 Å². The highest BCUT2D eigenvalue weighted by molar-refractivity contribution is 5.69. The van der Waals surface area contributed by atoms with Gasteiger partial charge in [-0.2, -0.15) is 0 Å². The van der Waals surface area contributed by atoms with E-state index in [1.54, 1.807) is 0 Å². The lowest BCUT2D eigenvalue weighted by Crippen LogP contribution is -2.25. The topological polar surface area (TPSA) is 51.2 Å². The molecular formula is C12H16N2O2. The van der Waals surface area contributed by atoms with Crippen LogP contribution in [0.25, 0.3) is 0 Å². The van der Waals surface area contributed by atoms with Gasteiger partial charge >= 0.3 is 5.97 Å². The number of esters is 1. The van der Waals surface area contributed by atoms with Crippen molar-refractivity contribution in [1.82, 2.24) is 10.3 Å². The van der Waals surface area contributed by atoms with Crippen LogP contribution in [-0.4, -0.2) is 24.6 Å². The molecule has 0 spiro atoms. The predicted octanol–water partition coefficient (Wildman–Crippen LogP) is 0.833. The van der Waals surface area contributed by atoms with Crippen LogP contribution in [0.2, 0.25) is 0 Å².